The molecule has 0 spiro atoms. The molecule has 4 rings (SSSR count). The molecule has 2 aromatic carbocycles. The number of hydrogen-bond donors (Lipinski definition) is 2. The first-order valence-electron chi connectivity index (χ1n) is 8.01. The van der Waals surface area contributed by atoms with Crippen molar-refractivity contribution in [2.45, 2.75) is 13.3 Å². The normalized spacial score (nSPS) is 11.2. The minimum Gasteiger partial charge on any atom is -0.361 e. The third kappa shape index (κ3) is 2.67. The van der Waals surface area contributed by atoms with Gasteiger partial charge in [-0.3, -0.25) is 4.79 Å². The van der Waals surface area contributed by atoms with E-state index in [4.69, 9.17) is 4.98 Å². The summed E-state index contributed by atoms with van der Waals surface area (Å²) in [6, 6.07) is 14.0. The minimum atomic E-state index is -0.0255. The summed E-state index contributed by atoms with van der Waals surface area (Å²) >= 11 is 1.62. The van der Waals surface area contributed by atoms with Crippen molar-refractivity contribution in [3.8, 4) is 10.6 Å². The zero-order valence-corrected chi connectivity index (χ0v) is 14.1. The van der Waals surface area contributed by atoms with Gasteiger partial charge in [0.1, 0.15) is 5.01 Å². The van der Waals surface area contributed by atoms with Gasteiger partial charge >= 0.3 is 0 Å². The average Bonchev–Trinajstić information content (AvgIpc) is 3.24. The lowest BCUT2D eigenvalue weighted by molar-refractivity contribution is 0.0954. The standard InChI is InChI=1S/C19H17N3OS/c1-2-8-21-18(23)13-3-6-16-17(11-13)24-19(22-16)14-4-5-15-12(10-14)7-9-20-15/h3-7,9-11,20H,2,8H2,1H3,(H,21,23). The Morgan fingerprint density at radius 2 is 2.12 bits per heavy atom. The number of nitrogens with one attached hydrogen (secondary N) is 2. The summed E-state index contributed by atoms with van der Waals surface area (Å²) < 4.78 is 1.03. The van der Waals surface area contributed by atoms with E-state index in [-0.39, 0.29) is 5.91 Å². The number of aromatic amines is 1. The smallest absolute Gasteiger partial charge is 0.251 e. The molecule has 2 heterocycles. The van der Waals surface area contributed by atoms with Gasteiger partial charge in [-0.25, -0.2) is 4.98 Å². The highest BCUT2D eigenvalue weighted by Crippen LogP contribution is 2.32. The lowest BCUT2D eigenvalue weighted by Gasteiger charge is -2.02. The number of rotatable bonds is 4. The Bertz CT molecular complexity index is 1030. The van der Waals surface area contributed by atoms with E-state index in [0.717, 1.165) is 32.7 Å². The molecule has 2 N–H and O–H groups in total. The first kappa shape index (κ1) is 14.9. The zero-order valence-electron chi connectivity index (χ0n) is 13.3. The number of hydrogen-bond acceptors (Lipinski definition) is 3. The average molecular weight is 335 g/mol. The Balaban J connectivity index is 1.71. The Kier molecular flexibility index (Phi) is 3.78. The number of carbonyl (C=O) groups excluding carboxylic acids is 1. The van der Waals surface area contributed by atoms with Gasteiger partial charge in [-0.15, -0.1) is 11.3 Å². The molecule has 0 aliphatic heterocycles. The maximum Gasteiger partial charge on any atom is 0.251 e. The molecule has 0 unspecified atom stereocenters. The van der Waals surface area contributed by atoms with Crippen molar-refractivity contribution < 1.29 is 4.79 Å². The van der Waals surface area contributed by atoms with Gasteiger partial charge in [-0.2, -0.15) is 0 Å². The number of fused-ring (bicyclic) bond motifs is 2. The summed E-state index contributed by atoms with van der Waals surface area (Å²) in [6.07, 6.45) is 2.87. The second kappa shape index (κ2) is 6.09. The molecule has 0 radical (unpaired) electrons. The maximum atomic E-state index is 12.1. The Morgan fingerprint density at radius 3 is 3.00 bits per heavy atom. The van der Waals surface area contributed by atoms with Gasteiger partial charge in [-0.05, 0) is 48.9 Å². The summed E-state index contributed by atoms with van der Waals surface area (Å²) in [5, 5.41) is 5.05. The van der Waals surface area contributed by atoms with Crippen LogP contribution in [0, 0.1) is 0 Å². The van der Waals surface area contributed by atoms with Crippen LogP contribution >= 0.6 is 11.3 Å². The quantitative estimate of drug-likeness (QED) is 0.573. The molecule has 0 fully saturated rings. The molecule has 120 valence electrons. The first-order valence-corrected chi connectivity index (χ1v) is 8.82. The Hall–Kier alpha value is -2.66. The molecular weight excluding hydrogens is 318 g/mol. The molecule has 1 amide bonds. The molecule has 4 aromatic rings. The summed E-state index contributed by atoms with van der Waals surface area (Å²) in [4.78, 5) is 20.0. The SMILES string of the molecule is CCCNC(=O)c1ccc2nc(-c3ccc4[nH]ccc4c3)sc2c1. The molecule has 5 heteroatoms. The number of amides is 1. The van der Waals surface area contributed by atoms with Gasteiger partial charge < -0.3 is 10.3 Å². The van der Waals surface area contributed by atoms with Crippen molar-refractivity contribution in [1.29, 1.82) is 0 Å². The lowest BCUT2D eigenvalue weighted by atomic mass is 10.1. The molecule has 0 aliphatic carbocycles. The summed E-state index contributed by atoms with van der Waals surface area (Å²) in [7, 11) is 0. The van der Waals surface area contributed by atoms with Crippen LogP contribution in [0.25, 0.3) is 31.7 Å². The predicted octanol–water partition coefficient (Wildman–Crippen LogP) is 4.58. The molecule has 2 aromatic heterocycles. The first-order chi connectivity index (χ1) is 11.7. The van der Waals surface area contributed by atoms with E-state index < -0.39 is 0 Å². The van der Waals surface area contributed by atoms with Crippen molar-refractivity contribution in [2.24, 2.45) is 0 Å². The molecule has 4 nitrogen and oxygen atoms in total. The molecule has 0 aliphatic rings. The van der Waals surface area contributed by atoms with E-state index in [1.54, 1.807) is 11.3 Å². The van der Waals surface area contributed by atoms with Crippen LogP contribution in [0.2, 0.25) is 0 Å². The van der Waals surface area contributed by atoms with Crippen LogP contribution in [0.5, 0.6) is 0 Å². The molecule has 0 saturated heterocycles. The highest BCUT2D eigenvalue weighted by molar-refractivity contribution is 7.21. The Morgan fingerprint density at radius 1 is 1.21 bits per heavy atom. The van der Waals surface area contributed by atoms with Crippen molar-refractivity contribution >= 4 is 38.4 Å². The van der Waals surface area contributed by atoms with Crippen LogP contribution in [0.3, 0.4) is 0 Å². The number of benzene rings is 2. The minimum absolute atomic E-state index is 0.0255. The van der Waals surface area contributed by atoms with Gasteiger partial charge in [0.2, 0.25) is 0 Å². The van der Waals surface area contributed by atoms with Crippen molar-refractivity contribution in [1.82, 2.24) is 15.3 Å². The topological polar surface area (TPSA) is 57.8 Å². The fourth-order valence-electron chi connectivity index (χ4n) is 2.72. The van der Waals surface area contributed by atoms with Crippen LogP contribution < -0.4 is 5.32 Å². The molecule has 0 saturated carbocycles. The molecular formula is C19H17N3OS. The van der Waals surface area contributed by atoms with E-state index >= 15 is 0 Å². The second-order valence-electron chi connectivity index (χ2n) is 5.74. The van der Waals surface area contributed by atoms with Crippen LogP contribution in [0.1, 0.15) is 23.7 Å². The number of carbonyl (C=O) groups is 1. The fourth-order valence-corrected chi connectivity index (χ4v) is 3.72. The van der Waals surface area contributed by atoms with E-state index in [1.165, 1.54) is 5.39 Å². The van der Waals surface area contributed by atoms with Gasteiger partial charge in [0.05, 0.1) is 10.2 Å². The van der Waals surface area contributed by atoms with E-state index in [2.05, 4.69) is 34.6 Å². The zero-order chi connectivity index (χ0) is 16.5. The highest BCUT2D eigenvalue weighted by atomic mass is 32.1. The molecule has 24 heavy (non-hydrogen) atoms. The van der Waals surface area contributed by atoms with Gasteiger partial charge in [0, 0.05) is 34.8 Å². The van der Waals surface area contributed by atoms with E-state index in [9.17, 15) is 4.79 Å². The number of nitrogens with zero attached hydrogens (tertiary/aromatic N) is 1. The third-order valence-electron chi connectivity index (χ3n) is 3.99. The number of aromatic nitrogens is 2. The van der Waals surface area contributed by atoms with Crippen molar-refractivity contribution in [2.75, 3.05) is 6.54 Å². The van der Waals surface area contributed by atoms with Gasteiger partial charge in [0.25, 0.3) is 5.91 Å². The van der Waals surface area contributed by atoms with Crippen LogP contribution in [0.15, 0.2) is 48.7 Å². The number of thiazole rings is 1. The van der Waals surface area contributed by atoms with Crippen LogP contribution in [-0.2, 0) is 0 Å². The van der Waals surface area contributed by atoms with Crippen LogP contribution in [-0.4, -0.2) is 22.4 Å². The summed E-state index contributed by atoms with van der Waals surface area (Å²) in [6.45, 7) is 2.74. The second-order valence-corrected chi connectivity index (χ2v) is 6.77. The predicted molar refractivity (Wildman–Crippen MR) is 99.5 cm³/mol. The molecule has 0 bridgehead atoms. The summed E-state index contributed by atoms with van der Waals surface area (Å²) in [5.41, 5.74) is 3.83. The summed E-state index contributed by atoms with van der Waals surface area (Å²) in [5.74, 6) is -0.0255. The number of H-pyrrole nitrogens is 1. The lowest BCUT2D eigenvalue weighted by Crippen LogP contribution is -2.23. The maximum absolute atomic E-state index is 12.1. The third-order valence-corrected chi connectivity index (χ3v) is 5.05. The highest BCUT2D eigenvalue weighted by Gasteiger charge is 2.11. The van der Waals surface area contributed by atoms with Crippen molar-refractivity contribution in [3.63, 3.8) is 0 Å². The van der Waals surface area contributed by atoms with Gasteiger partial charge in [-0.1, -0.05) is 6.92 Å². The van der Waals surface area contributed by atoms with E-state index in [1.807, 2.05) is 31.3 Å². The van der Waals surface area contributed by atoms with E-state index in [0.29, 0.717) is 12.1 Å². The monoisotopic (exact) mass is 335 g/mol. The molecule has 0 atom stereocenters. The van der Waals surface area contributed by atoms with Gasteiger partial charge in [0.15, 0.2) is 0 Å². The van der Waals surface area contributed by atoms with Crippen molar-refractivity contribution in [3.05, 3.63) is 54.2 Å². The Labute approximate surface area is 143 Å². The fraction of sp³-hybridized carbons (Fsp3) is 0.158. The largest absolute Gasteiger partial charge is 0.361 e. The van der Waals surface area contributed by atoms with Crippen LogP contribution in [0.4, 0.5) is 0 Å².